The Morgan fingerprint density at radius 3 is 2.53 bits per heavy atom. The number of rotatable bonds is 6. The zero-order valence-electron chi connectivity index (χ0n) is 16.3. The summed E-state index contributed by atoms with van der Waals surface area (Å²) in [6, 6.07) is 14.6. The molecule has 0 bridgehead atoms. The summed E-state index contributed by atoms with van der Waals surface area (Å²) < 4.78 is 19.7. The number of aryl methyl sites for hydroxylation is 1. The van der Waals surface area contributed by atoms with E-state index >= 15 is 0 Å². The van der Waals surface area contributed by atoms with Crippen LogP contribution in [-0.2, 0) is 11.3 Å². The normalized spacial score (nSPS) is 11.1. The van der Waals surface area contributed by atoms with Crippen LogP contribution < -0.4 is 10.1 Å². The van der Waals surface area contributed by atoms with Gasteiger partial charge in [0.25, 0.3) is 5.91 Å². The van der Waals surface area contributed by atoms with E-state index in [1.807, 2.05) is 6.07 Å². The van der Waals surface area contributed by atoms with Gasteiger partial charge in [-0.25, -0.2) is 9.07 Å². The van der Waals surface area contributed by atoms with Crippen molar-refractivity contribution in [2.75, 3.05) is 12.4 Å². The molecule has 0 saturated carbocycles. The number of amides is 1. The predicted octanol–water partition coefficient (Wildman–Crippen LogP) is 4.59. The van der Waals surface area contributed by atoms with Gasteiger partial charge in [-0.2, -0.15) is 10.4 Å². The van der Waals surface area contributed by atoms with Gasteiger partial charge >= 0.3 is 0 Å². The molecule has 1 aromatic heterocycles. The number of carbonyl (C=O) groups excluding carboxylic acids is 1. The minimum absolute atomic E-state index is 0.114. The first-order valence-electron chi connectivity index (χ1n) is 8.96. The highest BCUT2D eigenvalue weighted by molar-refractivity contribution is 6.31. The Bertz CT molecular complexity index is 1130. The molecule has 3 rings (SSSR count). The quantitative estimate of drug-likeness (QED) is 0.463. The van der Waals surface area contributed by atoms with Gasteiger partial charge < -0.3 is 10.1 Å². The molecule has 1 N–H and O–H groups in total. The summed E-state index contributed by atoms with van der Waals surface area (Å²) in [5.41, 5.74) is 2.26. The first-order chi connectivity index (χ1) is 14.4. The highest BCUT2D eigenvalue weighted by atomic mass is 35.5. The minimum Gasteiger partial charge on any atom is -0.497 e. The third-order valence-corrected chi connectivity index (χ3v) is 4.76. The first-order valence-corrected chi connectivity index (χ1v) is 9.33. The Hall–Kier alpha value is -3.63. The van der Waals surface area contributed by atoms with Crippen LogP contribution in [0.1, 0.15) is 16.8 Å². The highest BCUT2D eigenvalue weighted by Gasteiger charge is 2.16. The van der Waals surface area contributed by atoms with Crippen molar-refractivity contribution in [2.45, 2.75) is 13.5 Å². The van der Waals surface area contributed by atoms with Crippen LogP contribution in [0.3, 0.4) is 0 Å². The molecule has 3 aromatic rings. The molecular formula is C22H18ClFN4O2. The number of methoxy groups -OCH3 is 1. The molecule has 0 aliphatic carbocycles. The summed E-state index contributed by atoms with van der Waals surface area (Å²) in [6.45, 7) is 2.06. The second kappa shape index (κ2) is 9.25. The van der Waals surface area contributed by atoms with E-state index in [4.69, 9.17) is 16.3 Å². The van der Waals surface area contributed by atoms with E-state index in [9.17, 15) is 14.4 Å². The van der Waals surface area contributed by atoms with E-state index in [0.717, 1.165) is 5.56 Å². The number of nitrogens with one attached hydrogen (secondary N) is 1. The maximum Gasteiger partial charge on any atom is 0.266 e. The molecule has 0 aliphatic heterocycles. The van der Waals surface area contributed by atoms with Crippen molar-refractivity contribution in [3.63, 3.8) is 0 Å². The summed E-state index contributed by atoms with van der Waals surface area (Å²) in [5.74, 6) is -0.240. The lowest BCUT2D eigenvalue weighted by atomic mass is 10.1. The molecule has 0 unspecified atom stereocenters. The molecule has 0 spiro atoms. The predicted molar refractivity (Wildman–Crippen MR) is 113 cm³/mol. The average molecular weight is 425 g/mol. The second-order valence-electron chi connectivity index (χ2n) is 6.43. The summed E-state index contributed by atoms with van der Waals surface area (Å²) >= 11 is 6.44. The summed E-state index contributed by atoms with van der Waals surface area (Å²) in [5, 5.41) is 16.8. The Balaban J connectivity index is 1.82. The third kappa shape index (κ3) is 4.85. The van der Waals surface area contributed by atoms with Gasteiger partial charge in [0.2, 0.25) is 0 Å². The molecule has 1 heterocycles. The Kier molecular flexibility index (Phi) is 6.50. The van der Waals surface area contributed by atoms with Crippen LogP contribution in [-0.4, -0.2) is 22.8 Å². The summed E-state index contributed by atoms with van der Waals surface area (Å²) in [7, 11) is 1.55. The number of aromatic nitrogens is 2. The Labute approximate surface area is 178 Å². The molecule has 30 heavy (non-hydrogen) atoms. The van der Waals surface area contributed by atoms with Crippen LogP contribution in [0.25, 0.3) is 6.08 Å². The van der Waals surface area contributed by atoms with Gasteiger partial charge in [0, 0.05) is 11.3 Å². The van der Waals surface area contributed by atoms with Gasteiger partial charge in [0.15, 0.2) is 0 Å². The number of halogens is 2. The van der Waals surface area contributed by atoms with Crippen LogP contribution >= 0.6 is 11.6 Å². The van der Waals surface area contributed by atoms with Crippen molar-refractivity contribution in [1.29, 1.82) is 5.26 Å². The molecule has 0 atom stereocenters. The number of nitriles is 1. The van der Waals surface area contributed by atoms with Crippen LogP contribution in [0, 0.1) is 24.1 Å². The smallest absolute Gasteiger partial charge is 0.266 e. The molecule has 6 nitrogen and oxygen atoms in total. The SMILES string of the molecule is COc1ccc(NC(=O)/C(C#N)=C/c2c(C)nn(Cc3ccc(F)cc3)c2Cl)cc1. The van der Waals surface area contributed by atoms with E-state index < -0.39 is 5.91 Å². The number of hydrogen-bond donors (Lipinski definition) is 1. The van der Waals surface area contributed by atoms with Crippen LogP contribution in [0.2, 0.25) is 5.15 Å². The van der Waals surface area contributed by atoms with Crippen molar-refractivity contribution < 1.29 is 13.9 Å². The standard InChI is InChI=1S/C22H18ClFN4O2/c1-14-20(21(23)28(27-14)13-15-3-5-17(24)6-4-15)11-16(12-25)22(29)26-18-7-9-19(30-2)10-8-18/h3-11H,13H2,1-2H3,(H,26,29)/b16-11+. The molecule has 0 fully saturated rings. The largest absolute Gasteiger partial charge is 0.497 e. The number of anilines is 1. The number of nitrogens with zero attached hydrogens (tertiary/aromatic N) is 3. The number of hydrogen-bond acceptors (Lipinski definition) is 4. The summed E-state index contributed by atoms with van der Waals surface area (Å²) in [6.07, 6.45) is 1.41. The van der Waals surface area contributed by atoms with Crippen molar-refractivity contribution in [1.82, 2.24) is 9.78 Å². The van der Waals surface area contributed by atoms with Gasteiger partial charge in [0.1, 0.15) is 28.4 Å². The van der Waals surface area contributed by atoms with Crippen LogP contribution in [0.4, 0.5) is 10.1 Å². The van der Waals surface area contributed by atoms with Crippen molar-refractivity contribution in [2.24, 2.45) is 0 Å². The molecule has 0 radical (unpaired) electrons. The number of carbonyl (C=O) groups is 1. The summed E-state index contributed by atoms with van der Waals surface area (Å²) in [4.78, 5) is 12.5. The Morgan fingerprint density at radius 2 is 1.93 bits per heavy atom. The molecule has 0 saturated heterocycles. The van der Waals surface area contributed by atoms with Crippen LogP contribution in [0.15, 0.2) is 54.1 Å². The maximum absolute atomic E-state index is 13.1. The van der Waals surface area contributed by atoms with Crippen molar-refractivity contribution in [3.05, 3.63) is 81.9 Å². The lowest BCUT2D eigenvalue weighted by molar-refractivity contribution is -0.112. The van der Waals surface area contributed by atoms with Crippen LogP contribution in [0.5, 0.6) is 5.75 Å². The first kappa shape index (κ1) is 21.1. The third-order valence-electron chi connectivity index (χ3n) is 4.36. The zero-order chi connectivity index (χ0) is 21.7. The van der Waals surface area contributed by atoms with Gasteiger partial charge in [0.05, 0.1) is 19.3 Å². The Morgan fingerprint density at radius 1 is 1.27 bits per heavy atom. The fraction of sp³-hybridized carbons (Fsp3) is 0.136. The van der Waals surface area contributed by atoms with E-state index in [0.29, 0.717) is 29.2 Å². The fourth-order valence-corrected chi connectivity index (χ4v) is 3.05. The molecule has 152 valence electrons. The second-order valence-corrected chi connectivity index (χ2v) is 6.78. The molecule has 0 aliphatic rings. The number of benzene rings is 2. The maximum atomic E-state index is 13.1. The van der Waals surface area contributed by atoms with E-state index in [-0.39, 0.29) is 16.5 Å². The van der Waals surface area contributed by atoms with E-state index in [1.165, 1.54) is 22.9 Å². The van der Waals surface area contributed by atoms with Crippen molar-refractivity contribution in [3.8, 4) is 11.8 Å². The van der Waals surface area contributed by atoms with Gasteiger partial charge in [-0.3, -0.25) is 4.79 Å². The fourth-order valence-electron chi connectivity index (χ4n) is 2.76. The molecule has 8 heteroatoms. The monoisotopic (exact) mass is 424 g/mol. The lowest BCUT2D eigenvalue weighted by Crippen LogP contribution is -2.13. The zero-order valence-corrected chi connectivity index (χ0v) is 17.1. The van der Waals surface area contributed by atoms with Gasteiger partial charge in [-0.05, 0) is 55.0 Å². The molecular weight excluding hydrogens is 407 g/mol. The van der Waals surface area contributed by atoms with Gasteiger partial charge in [-0.1, -0.05) is 23.7 Å². The van der Waals surface area contributed by atoms with E-state index in [2.05, 4.69) is 10.4 Å². The van der Waals surface area contributed by atoms with E-state index in [1.54, 1.807) is 50.4 Å². The average Bonchev–Trinajstić information content (AvgIpc) is 3.01. The topological polar surface area (TPSA) is 79.9 Å². The highest BCUT2D eigenvalue weighted by Crippen LogP contribution is 2.24. The van der Waals surface area contributed by atoms with Gasteiger partial charge in [-0.15, -0.1) is 0 Å². The molecule has 1 amide bonds. The number of ether oxygens (including phenoxy) is 1. The van der Waals surface area contributed by atoms with Crippen molar-refractivity contribution >= 4 is 29.3 Å². The molecule has 2 aromatic carbocycles. The lowest BCUT2D eigenvalue weighted by Gasteiger charge is -2.06. The minimum atomic E-state index is -0.565.